The lowest BCUT2D eigenvalue weighted by molar-refractivity contribution is -0.130. The summed E-state index contributed by atoms with van der Waals surface area (Å²) < 4.78 is 0. The molecule has 19 heavy (non-hydrogen) atoms. The summed E-state index contributed by atoms with van der Waals surface area (Å²) in [5.74, 6) is 7.16. The highest BCUT2D eigenvalue weighted by molar-refractivity contribution is 5.84. The predicted octanol–water partition coefficient (Wildman–Crippen LogP) is 0.493. The summed E-state index contributed by atoms with van der Waals surface area (Å²) in [5.41, 5.74) is 2.48. The molecule has 7 heteroatoms. The third-order valence-electron chi connectivity index (χ3n) is 3.14. The average Bonchev–Trinajstić information content (AvgIpc) is 2.90. The zero-order valence-electron chi connectivity index (χ0n) is 11.3. The number of nitrogens with one attached hydrogen (secondary N) is 2. The zero-order chi connectivity index (χ0) is 13.8. The number of nitrogen functional groups attached to an aromatic ring is 1. The number of hydrogen-bond donors (Lipinski definition) is 3. The van der Waals surface area contributed by atoms with Crippen LogP contribution >= 0.6 is 0 Å². The Hall–Kier alpha value is -1.89. The van der Waals surface area contributed by atoms with Crippen LogP contribution in [0.4, 0.5) is 11.6 Å². The van der Waals surface area contributed by atoms with Gasteiger partial charge in [-0.2, -0.15) is 0 Å². The van der Waals surface area contributed by atoms with Crippen molar-refractivity contribution in [1.29, 1.82) is 0 Å². The molecule has 4 N–H and O–H groups in total. The molecule has 7 nitrogen and oxygen atoms in total. The van der Waals surface area contributed by atoms with E-state index in [9.17, 15) is 4.79 Å². The fraction of sp³-hybridized carbons (Fsp3) is 0.583. The summed E-state index contributed by atoms with van der Waals surface area (Å²) in [6, 6.07) is 1.37. The van der Waals surface area contributed by atoms with Gasteiger partial charge in [0.15, 0.2) is 0 Å². The van der Waals surface area contributed by atoms with Crippen molar-refractivity contribution in [2.24, 2.45) is 5.84 Å². The Kier molecular flexibility index (Phi) is 4.16. The van der Waals surface area contributed by atoms with E-state index >= 15 is 0 Å². The predicted molar refractivity (Wildman–Crippen MR) is 73.5 cm³/mol. The second-order valence-corrected chi connectivity index (χ2v) is 4.73. The minimum absolute atomic E-state index is 0.107. The Labute approximate surface area is 112 Å². The van der Waals surface area contributed by atoms with E-state index in [0.717, 1.165) is 25.9 Å². The van der Waals surface area contributed by atoms with Gasteiger partial charge in [0, 0.05) is 19.2 Å². The molecule has 2 heterocycles. The summed E-state index contributed by atoms with van der Waals surface area (Å²) in [6.45, 7) is 5.32. The summed E-state index contributed by atoms with van der Waals surface area (Å²) in [5, 5.41) is 3.10. The van der Waals surface area contributed by atoms with Gasteiger partial charge in [-0.15, -0.1) is 0 Å². The van der Waals surface area contributed by atoms with E-state index in [1.807, 2.05) is 11.8 Å². The Morgan fingerprint density at radius 3 is 2.63 bits per heavy atom. The monoisotopic (exact) mass is 264 g/mol. The molecule has 1 amide bonds. The zero-order valence-corrected chi connectivity index (χ0v) is 11.3. The van der Waals surface area contributed by atoms with Gasteiger partial charge in [0.25, 0.3) is 0 Å². The molecule has 1 unspecified atom stereocenters. The maximum atomic E-state index is 12.2. The van der Waals surface area contributed by atoms with Crippen LogP contribution in [-0.2, 0) is 4.79 Å². The fourth-order valence-corrected chi connectivity index (χ4v) is 2.21. The highest BCUT2D eigenvalue weighted by Gasteiger charge is 2.23. The van der Waals surface area contributed by atoms with E-state index in [4.69, 9.17) is 5.84 Å². The van der Waals surface area contributed by atoms with Crippen molar-refractivity contribution < 1.29 is 4.79 Å². The van der Waals surface area contributed by atoms with Gasteiger partial charge in [-0.3, -0.25) is 4.79 Å². The van der Waals surface area contributed by atoms with Crippen LogP contribution in [0.1, 0.15) is 25.6 Å². The minimum Gasteiger partial charge on any atom is -0.358 e. The number of carbonyl (C=O) groups is 1. The summed E-state index contributed by atoms with van der Waals surface area (Å²) in [4.78, 5) is 22.4. The SMILES string of the molecule is Cc1nc(NN)cc(NC(C)C(=O)N2CCCC2)n1. The number of hydrogen-bond acceptors (Lipinski definition) is 6. The lowest BCUT2D eigenvalue weighted by atomic mass is 10.3. The number of amides is 1. The number of likely N-dealkylation sites (tertiary alicyclic amines) is 1. The van der Waals surface area contributed by atoms with Crippen LogP contribution in [0.5, 0.6) is 0 Å². The van der Waals surface area contributed by atoms with Crippen molar-refractivity contribution in [3.05, 3.63) is 11.9 Å². The number of aromatic nitrogens is 2. The summed E-state index contributed by atoms with van der Waals surface area (Å²) in [7, 11) is 0. The first-order chi connectivity index (χ1) is 9.10. The molecule has 0 saturated carbocycles. The van der Waals surface area contributed by atoms with Crippen molar-refractivity contribution in [3.63, 3.8) is 0 Å². The molecule has 2 rings (SSSR count). The van der Waals surface area contributed by atoms with Crippen LogP contribution in [0.25, 0.3) is 0 Å². The van der Waals surface area contributed by atoms with Crippen molar-refractivity contribution >= 4 is 17.5 Å². The van der Waals surface area contributed by atoms with Crippen LogP contribution in [0.2, 0.25) is 0 Å². The van der Waals surface area contributed by atoms with E-state index in [1.54, 1.807) is 13.0 Å². The standard InChI is InChI=1S/C12H20N6O/c1-8(12(19)18-5-3-4-6-18)14-10-7-11(17-13)16-9(2)15-10/h7-8H,3-6,13H2,1-2H3,(H2,14,15,16,17). The number of rotatable bonds is 4. The van der Waals surface area contributed by atoms with Gasteiger partial charge in [0.05, 0.1) is 0 Å². The number of nitrogens with two attached hydrogens (primary N) is 1. The minimum atomic E-state index is -0.307. The first-order valence-corrected chi connectivity index (χ1v) is 6.48. The molecule has 104 valence electrons. The Bertz CT molecular complexity index is 458. The molecular weight excluding hydrogens is 244 g/mol. The summed E-state index contributed by atoms with van der Waals surface area (Å²) >= 11 is 0. The molecule has 0 aromatic carbocycles. The van der Waals surface area contributed by atoms with Crippen LogP contribution < -0.4 is 16.6 Å². The average molecular weight is 264 g/mol. The van der Waals surface area contributed by atoms with Gasteiger partial charge in [-0.25, -0.2) is 15.8 Å². The Morgan fingerprint density at radius 1 is 1.37 bits per heavy atom. The highest BCUT2D eigenvalue weighted by Crippen LogP contribution is 2.14. The van der Waals surface area contributed by atoms with E-state index < -0.39 is 0 Å². The fourth-order valence-electron chi connectivity index (χ4n) is 2.21. The van der Waals surface area contributed by atoms with Crippen LogP contribution in [0.3, 0.4) is 0 Å². The first kappa shape index (κ1) is 13.5. The van der Waals surface area contributed by atoms with Crippen molar-refractivity contribution in [2.45, 2.75) is 32.7 Å². The van der Waals surface area contributed by atoms with Gasteiger partial charge < -0.3 is 15.6 Å². The second kappa shape index (κ2) is 5.83. The normalized spacial score (nSPS) is 16.3. The molecular formula is C12H20N6O. The maximum Gasteiger partial charge on any atom is 0.244 e. The second-order valence-electron chi connectivity index (χ2n) is 4.73. The number of aryl methyl sites for hydroxylation is 1. The third kappa shape index (κ3) is 3.31. The largest absolute Gasteiger partial charge is 0.358 e. The lowest BCUT2D eigenvalue weighted by Crippen LogP contribution is -2.39. The number of hydrazine groups is 1. The van der Waals surface area contributed by atoms with Crippen molar-refractivity contribution in [3.8, 4) is 0 Å². The lowest BCUT2D eigenvalue weighted by Gasteiger charge is -2.21. The molecule has 1 aliphatic heterocycles. The smallest absolute Gasteiger partial charge is 0.244 e. The quantitative estimate of drug-likeness (QED) is 0.541. The molecule has 1 aliphatic rings. The van der Waals surface area contributed by atoms with Crippen LogP contribution in [0, 0.1) is 6.92 Å². The molecule has 1 saturated heterocycles. The Morgan fingerprint density at radius 2 is 2.00 bits per heavy atom. The molecule has 0 spiro atoms. The van der Waals surface area contributed by atoms with Gasteiger partial charge in [-0.1, -0.05) is 0 Å². The van der Waals surface area contributed by atoms with Crippen molar-refractivity contribution in [2.75, 3.05) is 23.8 Å². The molecule has 0 bridgehead atoms. The van der Waals surface area contributed by atoms with Gasteiger partial charge in [0.1, 0.15) is 23.5 Å². The van der Waals surface area contributed by atoms with Crippen molar-refractivity contribution in [1.82, 2.24) is 14.9 Å². The molecule has 1 aromatic rings. The van der Waals surface area contributed by atoms with Gasteiger partial charge in [0.2, 0.25) is 5.91 Å². The molecule has 1 atom stereocenters. The van der Waals surface area contributed by atoms with E-state index in [1.165, 1.54) is 0 Å². The van der Waals surface area contributed by atoms with Gasteiger partial charge >= 0.3 is 0 Å². The maximum absolute atomic E-state index is 12.2. The van der Waals surface area contributed by atoms with E-state index in [0.29, 0.717) is 17.5 Å². The van der Waals surface area contributed by atoms with E-state index in [2.05, 4.69) is 20.7 Å². The molecule has 0 radical (unpaired) electrons. The number of carbonyl (C=O) groups excluding carboxylic acids is 1. The molecule has 1 aromatic heterocycles. The van der Waals surface area contributed by atoms with Crippen LogP contribution in [0.15, 0.2) is 6.07 Å². The topological polar surface area (TPSA) is 96.2 Å². The van der Waals surface area contributed by atoms with Gasteiger partial charge in [-0.05, 0) is 26.7 Å². The van der Waals surface area contributed by atoms with E-state index in [-0.39, 0.29) is 11.9 Å². The molecule has 0 aliphatic carbocycles. The Balaban J connectivity index is 2.03. The van der Waals surface area contributed by atoms with Crippen LogP contribution in [-0.4, -0.2) is 39.9 Å². The third-order valence-corrected chi connectivity index (χ3v) is 3.14. The number of anilines is 2. The number of nitrogens with zero attached hydrogens (tertiary/aromatic N) is 3. The highest BCUT2D eigenvalue weighted by atomic mass is 16.2. The molecule has 1 fully saturated rings. The summed E-state index contributed by atoms with van der Waals surface area (Å²) in [6.07, 6.45) is 2.18. The first-order valence-electron chi connectivity index (χ1n) is 6.48.